The average molecular weight is 509 g/mol. The Morgan fingerprint density at radius 1 is 0.971 bits per heavy atom. The number of carbonyl (C=O) groups excluding carboxylic acids is 1. The summed E-state index contributed by atoms with van der Waals surface area (Å²) in [5, 5.41) is 25.9. The van der Waals surface area contributed by atoms with Gasteiger partial charge in [0.25, 0.3) is 0 Å². The zero-order valence-corrected chi connectivity index (χ0v) is 20.1. The van der Waals surface area contributed by atoms with Crippen molar-refractivity contribution < 1.29 is 39.2 Å². The largest absolute Gasteiger partial charge is 0.491 e. The van der Waals surface area contributed by atoms with E-state index >= 15 is 0 Å². The number of nitrogens with zero attached hydrogens (tertiary/aromatic N) is 2. The molecule has 2 aromatic rings. The van der Waals surface area contributed by atoms with Gasteiger partial charge in [0.15, 0.2) is 0 Å². The van der Waals surface area contributed by atoms with Crippen molar-refractivity contribution >= 4 is 35.2 Å². The highest BCUT2D eigenvalue weighted by Gasteiger charge is 2.21. The van der Waals surface area contributed by atoms with Gasteiger partial charge in [0.2, 0.25) is 0 Å². The van der Waals surface area contributed by atoms with Crippen molar-refractivity contribution in [3.63, 3.8) is 0 Å². The molecule has 2 aromatic carbocycles. The molecule has 0 bridgehead atoms. The quantitative estimate of drug-likeness (QED) is 0.359. The van der Waals surface area contributed by atoms with E-state index in [1.807, 2.05) is 24.3 Å². The summed E-state index contributed by atoms with van der Waals surface area (Å²) in [5.41, 5.74) is 1.54. The van der Waals surface area contributed by atoms with Gasteiger partial charge in [0, 0.05) is 32.7 Å². The number of ether oxygens (including phenoxy) is 2. The molecule has 0 amide bonds. The van der Waals surface area contributed by atoms with Crippen LogP contribution in [0.3, 0.4) is 0 Å². The Morgan fingerprint density at radius 3 is 2.11 bits per heavy atom. The van der Waals surface area contributed by atoms with Crippen molar-refractivity contribution in [1.82, 2.24) is 4.90 Å². The highest BCUT2D eigenvalue weighted by atomic mass is 35.5. The van der Waals surface area contributed by atoms with Crippen LogP contribution in [0, 0.1) is 0 Å². The van der Waals surface area contributed by atoms with Crippen LogP contribution < -0.4 is 9.64 Å². The fraction of sp³-hybridized carbons (Fsp3) is 0.375. The fourth-order valence-electron chi connectivity index (χ4n) is 3.32. The molecule has 1 saturated heterocycles. The molecule has 1 heterocycles. The Labute approximate surface area is 208 Å². The third-order valence-electron chi connectivity index (χ3n) is 5.03. The molecular formula is C24H29ClN2O8. The van der Waals surface area contributed by atoms with Crippen LogP contribution in [0.5, 0.6) is 5.75 Å². The molecular weight excluding hydrogens is 480 g/mol. The first-order valence-electron chi connectivity index (χ1n) is 11.0. The van der Waals surface area contributed by atoms with Crippen LogP contribution in [0.4, 0.5) is 5.69 Å². The standard InChI is InChI=1S/C22H27ClN2O4.C2H2O4/c1-2-28-22(27)17-7-9-19(10-8-17)29-16-18(26)15-24-11-13-25(14-12-24)21-6-4-3-5-20(21)23;3-1(4)2(5)6/h3-10,18,26H,2,11-16H2,1H3;(H,3,4)(H,5,6). The van der Waals surface area contributed by atoms with E-state index in [0.717, 1.165) is 36.9 Å². The summed E-state index contributed by atoms with van der Waals surface area (Å²) in [5.74, 6) is -3.39. The molecule has 0 aromatic heterocycles. The molecule has 3 N–H and O–H groups in total. The first kappa shape index (κ1) is 27.9. The minimum absolute atomic E-state index is 0.198. The third-order valence-corrected chi connectivity index (χ3v) is 5.34. The summed E-state index contributed by atoms with van der Waals surface area (Å²) in [6.07, 6.45) is -0.591. The zero-order valence-electron chi connectivity index (χ0n) is 19.3. The molecule has 35 heavy (non-hydrogen) atoms. The Morgan fingerprint density at radius 2 is 1.57 bits per heavy atom. The van der Waals surface area contributed by atoms with Gasteiger partial charge < -0.3 is 29.7 Å². The maximum absolute atomic E-state index is 11.7. The average Bonchev–Trinajstić information content (AvgIpc) is 2.84. The van der Waals surface area contributed by atoms with Gasteiger partial charge in [-0.25, -0.2) is 14.4 Å². The molecule has 10 nitrogen and oxygen atoms in total. The van der Waals surface area contributed by atoms with E-state index in [4.69, 9.17) is 40.9 Å². The number of anilines is 1. The van der Waals surface area contributed by atoms with Crippen LogP contribution in [0.25, 0.3) is 0 Å². The van der Waals surface area contributed by atoms with E-state index in [1.165, 1.54) is 0 Å². The van der Waals surface area contributed by atoms with E-state index in [0.29, 0.717) is 24.5 Å². The van der Waals surface area contributed by atoms with Gasteiger partial charge in [-0.05, 0) is 43.3 Å². The Balaban J connectivity index is 0.000000641. The first-order valence-corrected chi connectivity index (χ1v) is 11.3. The van der Waals surface area contributed by atoms with Crippen LogP contribution in [-0.4, -0.2) is 90.2 Å². The summed E-state index contributed by atoms with van der Waals surface area (Å²) >= 11 is 6.28. The number of hydrogen-bond donors (Lipinski definition) is 3. The summed E-state index contributed by atoms with van der Waals surface area (Å²) in [6, 6.07) is 14.6. The van der Waals surface area contributed by atoms with Crippen LogP contribution in [-0.2, 0) is 14.3 Å². The monoisotopic (exact) mass is 508 g/mol. The molecule has 1 unspecified atom stereocenters. The van der Waals surface area contributed by atoms with Gasteiger partial charge in [0.05, 0.1) is 22.9 Å². The van der Waals surface area contributed by atoms with Crippen molar-refractivity contribution in [3.8, 4) is 5.75 Å². The number of hydrogen-bond acceptors (Lipinski definition) is 8. The van der Waals surface area contributed by atoms with Crippen LogP contribution in [0.1, 0.15) is 17.3 Å². The topological polar surface area (TPSA) is 137 Å². The molecule has 0 radical (unpaired) electrons. The second kappa shape index (κ2) is 14.1. The minimum Gasteiger partial charge on any atom is -0.491 e. The zero-order chi connectivity index (χ0) is 25.8. The van der Waals surface area contributed by atoms with Crippen molar-refractivity contribution in [2.45, 2.75) is 13.0 Å². The molecule has 190 valence electrons. The number of aliphatic hydroxyl groups is 1. The molecule has 0 saturated carbocycles. The minimum atomic E-state index is -1.82. The number of aliphatic hydroxyl groups excluding tert-OH is 1. The molecule has 0 aliphatic carbocycles. The Hall–Kier alpha value is -3.34. The maximum Gasteiger partial charge on any atom is 0.414 e. The molecule has 1 atom stereocenters. The van der Waals surface area contributed by atoms with Crippen molar-refractivity contribution in [3.05, 3.63) is 59.1 Å². The van der Waals surface area contributed by atoms with Crippen molar-refractivity contribution in [1.29, 1.82) is 0 Å². The molecule has 0 spiro atoms. The molecule has 1 fully saturated rings. The summed E-state index contributed by atoms with van der Waals surface area (Å²) < 4.78 is 10.6. The molecule has 3 rings (SSSR count). The lowest BCUT2D eigenvalue weighted by atomic mass is 10.2. The van der Waals surface area contributed by atoms with Gasteiger partial charge in [-0.1, -0.05) is 23.7 Å². The maximum atomic E-state index is 11.7. The van der Waals surface area contributed by atoms with Gasteiger partial charge in [0.1, 0.15) is 18.5 Å². The first-order chi connectivity index (χ1) is 16.7. The summed E-state index contributed by atoms with van der Waals surface area (Å²) in [7, 11) is 0. The lowest BCUT2D eigenvalue weighted by Crippen LogP contribution is -2.49. The Bertz CT molecular complexity index is 966. The van der Waals surface area contributed by atoms with Gasteiger partial charge in [-0.3, -0.25) is 4.90 Å². The number of rotatable bonds is 8. The van der Waals surface area contributed by atoms with E-state index in [2.05, 4.69) is 9.80 Å². The number of para-hydroxylation sites is 1. The lowest BCUT2D eigenvalue weighted by molar-refractivity contribution is -0.159. The molecule has 11 heteroatoms. The van der Waals surface area contributed by atoms with E-state index in [1.54, 1.807) is 31.2 Å². The van der Waals surface area contributed by atoms with Crippen LogP contribution in [0.2, 0.25) is 5.02 Å². The normalized spacial score (nSPS) is 14.3. The van der Waals surface area contributed by atoms with Crippen LogP contribution in [0.15, 0.2) is 48.5 Å². The predicted octanol–water partition coefficient (Wildman–Crippen LogP) is 2.23. The van der Waals surface area contributed by atoms with Crippen molar-refractivity contribution in [2.24, 2.45) is 0 Å². The predicted molar refractivity (Wildman–Crippen MR) is 129 cm³/mol. The smallest absolute Gasteiger partial charge is 0.414 e. The summed E-state index contributed by atoms with van der Waals surface area (Å²) in [6.45, 7) is 6.32. The number of piperazine rings is 1. The number of esters is 1. The third kappa shape index (κ3) is 9.44. The second-order valence-corrected chi connectivity index (χ2v) is 7.97. The highest BCUT2D eigenvalue weighted by molar-refractivity contribution is 6.33. The van der Waals surface area contributed by atoms with Gasteiger partial charge in [-0.15, -0.1) is 0 Å². The number of carboxylic acids is 2. The number of carbonyl (C=O) groups is 3. The number of aliphatic carboxylic acids is 2. The molecule has 1 aliphatic rings. The Kier molecular flexibility index (Phi) is 11.3. The number of carboxylic acid groups (broad SMARTS) is 2. The van der Waals surface area contributed by atoms with Gasteiger partial charge >= 0.3 is 17.9 Å². The van der Waals surface area contributed by atoms with E-state index < -0.39 is 18.0 Å². The van der Waals surface area contributed by atoms with E-state index in [-0.39, 0.29) is 12.6 Å². The number of benzene rings is 2. The highest BCUT2D eigenvalue weighted by Crippen LogP contribution is 2.26. The fourth-order valence-corrected chi connectivity index (χ4v) is 3.58. The van der Waals surface area contributed by atoms with E-state index in [9.17, 15) is 9.90 Å². The summed E-state index contributed by atoms with van der Waals surface area (Å²) in [4.78, 5) is 34.4. The van der Waals surface area contributed by atoms with Crippen molar-refractivity contribution in [2.75, 3.05) is 50.8 Å². The lowest BCUT2D eigenvalue weighted by Gasteiger charge is -2.37. The second-order valence-electron chi connectivity index (χ2n) is 7.56. The SMILES string of the molecule is CCOC(=O)c1ccc(OCC(O)CN2CCN(c3ccccc3Cl)CC2)cc1.O=C(O)C(=O)O. The molecule has 1 aliphatic heterocycles. The number of halogens is 1. The van der Waals surface area contributed by atoms with Gasteiger partial charge in [-0.2, -0.15) is 0 Å². The number of β-amino-alcohol motifs (C(OH)–C–C–N with tert-alkyl or cyclic N) is 1. The van der Waals surface area contributed by atoms with Crippen LogP contribution >= 0.6 is 11.6 Å².